The molecule has 7 heteroatoms. The van der Waals surface area contributed by atoms with Gasteiger partial charge in [-0.3, -0.25) is 0 Å². The molecule has 2 heterocycles. The predicted molar refractivity (Wildman–Crippen MR) is 127 cm³/mol. The minimum atomic E-state index is -0.529. The second kappa shape index (κ2) is 10.4. The summed E-state index contributed by atoms with van der Waals surface area (Å²) >= 11 is 6.21. The molecule has 0 unspecified atom stereocenters. The first-order valence-electron chi connectivity index (χ1n) is 10.7. The molecule has 0 radical (unpaired) electrons. The summed E-state index contributed by atoms with van der Waals surface area (Å²) in [5.41, 5.74) is 2.81. The van der Waals surface area contributed by atoms with E-state index in [1.165, 1.54) is 7.11 Å². The van der Waals surface area contributed by atoms with Crippen LogP contribution in [0.4, 0.5) is 0 Å². The van der Waals surface area contributed by atoms with E-state index >= 15 is 0 Å². The quantitative estimate of drug-likeness (QED) is 0.298. The maximum atomic E-state index is 12.3. The molecule has 0 saturated carbocycles. The van der Waals surface area contributed by atoms with Crippen LogP contribution in [-0.4, -0.2) is 29.2 Å². The molecule has 0 amide bonds. The molecule has 0 N–H and O–H groups in total. The summed E-state index contributed by atoms with van der Waals surface area (Å²) < 4.78 is 18.4. The number of benzene rings is 2. The van der Waals surface area contributed by atoms with Crippen LogP contribution in [0.3, 0.4) is 0 Å². The average Bonchev–Trinajstić information content (AvgIpc) is 3.43. The van der Waals surface area contributed by atoms with Crippen LogP contribution < -0.4 is 4.74 Å². The third-order valence-corrected chi connectivity index (χ3v) is 5.73. The van der Waals surface area contributed by atoms with Crippen molar-refractivity contribution < 1.29 is 18.7 Å². The standard InChI is InChI=1S/C26H25ClN2O4/c1-18-22(28-25(33-18)20-7-4-3-5-8-20)14-16-32-21-12-10-19(11-13-21)17-23(26(30)31-2)29-15-6-9-24(29)27/h3-13,15,23H,14,16-17H2,1-2H3/t23-/m0/s1. The van der Waals surface area contributed by atoms with Crippen molar-refractivity contribution in [1.29, 1.82) is 0 Å². The van der Waals surface area contributed by atoms with Gasteiger partial charge >= 0.3 is 5.97 Å². The molecular formula is C26H25ClN2O4. The molecule has 0 aliphatic carbocycles. The Morgan fingerprint density at radius 1 is 1.09 bits per heavy atom. The van der Waals surface area contributed by atoms with E-state index in [0.29, 0.717) is 30.5 Å². The first-order valence-corrected chi connectivity index (χ1v) is 11.1. The van der Waals surface area contributed by atoms with Crippen LogP contribution in [0.5, 0.6) is 5.75 Å². The number of hydrogen-bond donors (Lipinski definition) is 0. The molecule has 4 aromatic rings. The number of carbonyl (C=O) groups is 1. The Hall–Kier alpha value is -3.51. The van der Waals surface area contributed by atoms with E-state index in [0.717, 1.165) is 28.3 Å². The summed E-state index contributed by atoms with van der Waals surface area (Å²) in [6.45, 7) is 2.39. The Labute approximate surface area is 197 Å². The van der Waals surface area contributed by atoms with Gasteiger partial charge in [0.25, 0.3) is 0 Å². The molecule has 170 valence electrons. The molecule has 0 aliphatic heterocycles. The molecule has 33 heavy (non-hydrogen) atoms. The first-order chi connectivity index (χ1) is 16.0. The second-order valence-corrected chi connectivity index (χ2v) is 8.00. The van der Waals surface area contributed by atoms with Gasteiger partial charge in [0.1, 0.15) is 22.7 Å². The normalized spacial score (nSPS) is 11.8. The van der Waals surface area contributed by atoms with E-state index < -0.39 is 6.04 Å². The summed E-state index contributed by atoms with van der Waals surface area (Å²) in [5, 5.41) is 0.490. The van der Waals surface area contributed by atoms with Crippen LogP contribution >= 0.6 is 11.6 Å². The molecule has 0 saturated heterocycles. The maximum Gasteiger partial charge on any atom is 0.329 e. The highest BCUT2D eigenvalue weighted by Crippen LogP contribution is 2.24. The molecule has 0 fully saturated rings. The van der Waals surface area contributed by atoms with Gasteiger partial charge in [-0.1, -0.05) is 41.9 Å². The number of hydrogen-bond acceptors (Lipinski definition) is 5. The monoisotopic (exact) mass is 464 g/mol. The van der Waals surface area contributed by atoms with Crippen molar-refractivity contribution in [2.45, 2.75) is 25.8 Å². The van der Waals surface area contributed by atoms with Gasteiger partial charge in [0, 0.05) is 24.6 Å². The zero-order valence-electron chi connectivity index (χ0n) is 18.5. The summed E-state index contributed by atoms with van der Waals surface area (Å²) in [6, 6.07) is 20.5. The number of carbonyl (C=O) groups excluding carboxylic acids is 1. The maximum absolute atomic E-state index is 12.3. The third-order valence-electron chi connectivity index (χ3n) is 5.41. The largest absolute Gasteiger partial charge is 0.493 e. The van der Waals surface area contributed by atoms with E-state index in [9.17, 15) is 4.79 Å². The van der Waals surface area contributed by atoms with Gasteiger partial charge in [-0.05, 0) is 48.9 Å². The van der Waals surface area contributed by atoms with Crippen LogP contribution in [0.2, 0.25) is 5.15 Å². The Morgan fingerprint density at radius 3 is 2.52 bits per heavy atom. The number of oxazole rings is 1. The Kier molecular flexibility index (Phi) is 7.15. The van der Waals surface area contributed by atoms with Crippen LogP contribution in [0.25, 0.3) is 11.5 Å². The topological polar surface area (TPSA) is 66.5 Å². The fraction of sp³-hybridized carbons (Fsp3) is 0.231. The first kappa shape index (κ1) is 22.7. The van der Waals surface area contributed by atoms with Crippen LogP contribution in [0, 0.1) is 6.92 Å². The number of methoxy groups -OCH3 is 1. The number of rotatable bonds is 9. The summed E-state index contributed by atoms with van der Waals surface area (Å²) in [6.07, 6.45) is 2.87. The molecule has 2 aromatic heterocycles. The molecule has 1 atom stereocenters. The smallest absolute Gasteiger partial charge is 0.329 e. The van der Waals surface area contributed by atoms with Crippen molar-refractivity contribution in [3.05, 3.63) is 95.1 Å². The lowest BCUT2D eigenvalue weighted by atomic mass is 10.1. The van der Waals surface area contributed by atoms with Crippen LogP contribution in [0.1, 0.15) is 23.1 Å². The van der Waals surface area contributed by atoms with Crippen molar-refractivity contribution in [1.82, 2.24) is 9.55 Å². The van der Waals surface area contributed by atoms with Gasteiger partial charge in [0.2, 0.25) is 5.89 Å². The highest BCUT2D eigenvalue weighted by Gasteiger charge is 2.23. The molecule has 6 nitrogen and oxygen atoms in total. The molecular weight excluding hydrogens is 440 g/mol. The van der Waals surface area contributed by atoms with Gasteiger partial charge in [0.15, 0.2) is 0 Å². The highest BCUT2D eigenvalue weighted by molar-refractivity contribution is 6.29. The Balaban J connectivity index is 1.35. The second-order valence-electron chi connectivity index (χ2n) is 7.61. The summed E-state index contributed by atoms with van der Waals surface area (Å²) in [7, 11) is 1.38. The molecule has 0 bridgehead atoms. The van der Waals surface area contributed by atoms with Crippen LogP contribution in [0.15, 0.2) is 77.3 Å². The van der Waals surface area contributed by atoms with E-state index in [2.05, 4.69) is 4.98 Å². The third kappa shape index (κ3) is 5.46. The Morgan fingerprint density at radius 2 is 1.85 bits per heavy atom. The lowest BCUT2D eigenvalue weighted by molar-refractivity contribution is -0.144. The van der Waals surface area contributed by atoms with Crippen molar-refractivity contribution in [2.75, 3.05) is 13.7 Å². The average molecular weight is 465 g/mol. The zero-order valence-corrected chi connectivity index (χ0v) is 19.3. The van der Waals surface area contributed by atoms with Gasteiger partial charge < -0.3 is 18.5 Å². The lowest BCUT2D eigenvalue weighted by Gasteiger charge is -2.18. The number of nitrogens with zero attached hydrogens (tertiary/aromatic N) is 2. The van der Waals surface area contributed by atoms with Gasteiger partial charge in [-0.15, -0.1) is 0 Å². The van der Waals surface area contributed by atoms with Crippen molar-refractivity contribution in [3.63, 3.8) is 0 Å². The number of esters is 1. The summed E-state index contributed by atoms with van der Waals surface area (Å²) in [5.74, 6) is 1.82. The minimum absolute atomic E-state index is 0.341. The van der Waals surface area contributed by atoms with Crippen molar-refractivity contribution >= 4 is 17.6 Å². The predicted octanol–water partition coefficient (Wildman–Crippen LogP) is 5.68. The zero-order chi connectivity index (χ0) is 23.2. The number of ether oxygens (including phenoxy) is 2. The van der Waals surface area contributed by atoms with Gasteiger partial charge in [-0.25, -0.2) is 9.78 Å². The van der Waals surface area contributed by atoms with E-state index in [4.69, 9.17) is 25.5 Å². The fourth-order valence-electron chi connectivity index (χ4n) is 3.63. The SMILES string of the molecule is COC(=O)[C@H](Cc1ccc(OCCc2nc(-c3ccccc3)oc2C)cc1)n1cccc1Cl. The van der Waals surface area contributed by atoms with E-state index in [1.807, 2.05) is 61.5 Å². The molecule has 0 spiro atoms. The molecule has 4 rings (SSSR count). The number of aromatic nitrogens is 2. The fourth-order valence-corrected chi connectivity index (χ4v) is 3.88. The summed E-state index contributed by atoms with van der Waals surface area (Å²) in [4.78, 5) is 16.9. The minimum Gasteiger partial charge on any atom is -0.493 e. The van der Waals surface area contributed by atoms with Crippen molar-refractivity contribution in [3.8, 4) is 17.2 Å². The highest BCUT2D eigenvalue weighted by atomic mass is 35.5. The van der Waals surface area contributed by atoms with Crippen LogP contribution in [-0.2, 0) is 22.4 Å². The van der Waals surface area contributed by atoms with Gasteiger partial charge in [0.05, 0.1) is 19.4 Å². The number of aryl methyl sites for hydroxylation is 1. The molecule has 2 aromatic carbocycles. The molecule has 0 aliphatic rings. The van der Waals surface area contributed by atoms with Gasteiger partial charge in [-0.2, -0.15) is 0 Å². The number of halogens is 1. The lowest BCUT2D eigenvalue weighted by Crippen LogP contribution is -2.22. The van der Waals surface area contributed by atoms with E-state index in [1.54, 1.807) is 22.9 Å². The van der Waals surface area contributed by atoms with Crippen molar-refractivity contribution in [2.24, 2.45) is 0 Å². The Bertz CT molecular complexity index is 1200. The van der Waals surface area contributed by atoms with E-state index in [-0.39, 0.29) is 5.97 Å².